The summed E-state index contributed by atoms with van der Waals surface area (Å²) >= 11 is 0. The number of rotatable bonds is 13. The third kappa shape index (κ3) is 11.3. The van der Waals surface area contributed by atoms with Crippen molar-refractivity contribution in [3.63, 3.8) is 0 Å². The van der Waals surface area contributed by atoms with Gasteiger partial charge in [-0.05, 0) is 19.3 Å². The molecule has 0 aliphatic carbocycles. The summed E-state index contributed by atoms with van der Waals surface area (Å²) in [6.45, 7) is 2.24. The van der Waals surface area contributed by atoms with Crippen LogP contribution in [0.4, 0.5) is 0 Å². The van der Waals surface area contributed by atoms with Gasteiger partial charge in [-0.15, -0.1) is 0 Å². The van der Waals surface area contributed by atoms with Gasteiger partial charge in [0.2, 0.25) is 11.8 Å². The molecule has 24 heavy (non-hydrogen) atoms. The van der Waals surface area contributed by atoms with E-state index in [0.717, 1.165) is 6.42 Å². The highest BCUT2D eigenvalue weighted by molar-refractivity contribution is 5.85. The van der Waals surface area contributed by atoms with Crippen LogP contribution >= 0.6 is 0 Å². The Morgan fingerprint density at radius 2 is 1.42 bits per heavy atom. The molecule has 2 amide bonds. The third-order valence-electron chi connectivity index (χ3n) is 4.27. The lowest BCUT2D eigenvalue weighted by atomic mass is 9.98. The van der Waals surface area contributed by atoms with E-state index in [9.17, 15) is 9.59 Å². The fourth-order valence-corrected chi connectivity index (χ4v) is 2.63. The lowest BCUT2D eigenvalue weighted by Crippen LogP contribution is -2.33. The molecule has 1 unspecified atom stereocenters. The Bertz CT molecular complexity index is 376. The number of amides is 2. The van der Waals surface area contributed by atoms with E-state index < -0.39 is 0 Å². The van der Waals surface area contributed by atoms with E-state index in [1.165, 1.54) is 44.9 Å². The maximum Gasteiger partial charge on any atom is 0.225 e. The number of hydrogen-bond donors (Lipinski definition) is 0. The summed E-state index contributed by atoms with van der Waals surface area (Å²) in [4.78, 5) is 27.2. The number of carbonyl (C=O) groups is 2. The molecular formula is C20H38N2O2. The summed E-state index contributed by atoms with van der Waals surface area (Å²) in [6.07, 6.45) is 15.4. The fourth-order valence-electron chi connectivity index (χ4n) is 2.63. The lowest BCUT2D eigenvalue weighted by Gasteiger charge is -2.20. The first-order chi connectivity index (χ1) is 11.4. The van der Waals surface area contributed by atoms with Crippen LogP contribution in [0.25, 0.3) is 0 Å². The summed E-state index contributed by atoms with van der Waals surface area (Å²) in [5.74, 6) is -0.207. The van der Waals surface area contributed by atoms with Crippen LogP contribution in [0.2, 0.25) is 0 Å². The summed E-state index contributed by atoms with van der Waals surface area (Å²) < 4.78 is 0. The normalized spacial score (nSPS) is 12.4. The Labute approximate surface area is 149 Å². The summed E-state index contributed by atoms with van der Waals surface area (Å²) in [5, 5.41) is 0. The van der Waals surface area contributed by atoms with Crippen LogP contribution in [-0.2, 0) is 9.59 Å². The van der Waals surface area contributed by atoms with E-state index in [2.05, 4.69) is 19.1 Å². The minimum atomic E-state index is -0.250. The van der Waals surface area contributed by atoms with Crippen molar-refractivity contribution in [2.75, 3.05) is 28.2 Å². The zero-order valence-electron chi connectivity index (χ0n) is 16.5. The predicted molar refractivity (Wildman–Crippen MR) is 102 cm³/mol. The van der Waals surface area contributed by atoms with Crippen LogP contribution in [0.3, 0.4) is 0 Å². The van der Waals surface area contributed by atoms with Gasteiger partial charge in [0.05, 0.1) is 5.92 Å². The number of nitrogens with zero attached hydrogens (tertiary/aromatic N) is 2. The molecule has 0 aromatic heterocycles. The van der Waals surface area contributed by atoms with E-state index in [0.29, 0.717) is 6.42 Å². The summed E-state index contributed by atoms with van der Waals surface area (Å²) in [7, 11) is 6.96. The maximum atomic E-state index is 12.2. The van der Waals surface area contributed by atoms with Crippen molar-refractivity contribution < 1.29 is 9.59 Å². The Kier molecular flexibility index (Phi) is 13.3. The number of unbranched alkanes of at least 4 members (excludes halogenated alkanes) is 7. The minimum Gasteiger partial charge on any atom is -0.349 e. The van der Waals surface area contributed by atoms with Gasteiger partial charge in [-0.2, -0.15) is 0 Å². The van der Waals surface area contributed by atoms with E-state index in [4.69, 9.17) is 0 Å². The third-order valence-corrected chi connectivity index (χ3v) is 4.27. The van der Waals surface area contributed by atoms with Crippen molar-refractivity contribution in [1.29, 1.82) is 0 Å². The first-order valence-electron chi connectivity index (χ1n) is 9.46. The molecule has 1 atom stereocenters. The topological polar surface area (TPSA) is 40.6 Å². The number of hydrogen-bond acceptors (Lipinski definition) is 2. The first-order valence-corrected chi connectivity index (χ1v) is 9.46. The van der Waals surface area contributed by atoms with E-state index in [1.807, 2.05) is 0 Å². The van der Waals surface area contributed by atoms with Gasteiger partial charge in [-0.25, -0.2) is 0 Å². The largest absolute Gasteiger partial charge is 0.349 e. The highest BCUT2D eigenvalue weighted by Gasteiger charge is 2.22. The Morgan fingerprint density at radius 1 is 0.833 bits per heavy atom. The molecule has 0 aliphatic heterocycles. The molecule has 0 radical (unpaired) electrons. The maximum absolute atomic E-state index is 12.2. The molecule has 0 bridgehead atoms. The predicted octanol–water partition coefficient (Wildman–Crippen LogP) is 4.26. The molecule has 0 aromatic rings. The molecular weight excluding hydrogens is 300 g/mol. The van der Waals surface area contributed by atoms with Crippen molar-refractivity contribution in [2.24, 2.45) is 5.92 Å². The Balaban J connectivity index is 4.08. The molecule has 0 N–H and O–H groups in total. The quantitative estimate of drug-likeness (QED) is 0.372. The van der Waals surface area contributed by atoms with Crippen LogP contribution in [0.5, 0.6) is 0 Å². The molecule has 0 saturated carbocycles. The van der Waals surface area contributed by atoms with Crippen molar-refractivity contribution >= 4 is 11.8 Å². The molecule has 0 saturated heterocycles. The molecule has 140 valence electrons. The second kappa shape index (κ2) is 14.1. The number of allylic oxidation sites excluding steroid dienone is 2. The van der Waals surface area contributed by atoms with Gasteiger partial charge in [-0.1, -0.05) is 57.6 Å². The van der Waals surface area contributed by atoms with Gasteiger partial charge in [-0.3, -0.25) is 9.59 Å². The van der Waals surface area contributed by atoms with Crippen LogP contribution in [-0.4, -0.2) is 49.8 Å². The van der Waals surface area contributed by atoms with E-state index >= 15 is 0 Å². The molecule has 0 fully saturated rings. The van der Waals surface area contributed by atoms with Crippen LogP contribution in [0.15, 0.2) is 12.2 Å². The SMILES string of the molecule is CCCCCCCCC/C=C/CC(CC(=O)N(C)C)C(=O)N(C)C. The molecule has 4 nitrogen and oxygen atoms in total. The van der Waals surface area contributed by atoms with Crippen LogP contribution < -0.4 is 0 Å². The first kappa shape index (κ1) is 22.7. The average molecular weight is 339 g/mol. The van der Waals surface area contributed by atoms with Crippen LogP contribution in [0.1, 0.15) is 71.1 Å². The highest BCUT2D eigenvalue weighted by Crippen LogP contribution is 2.15. The highest BCUT2D eigenvalue weighted by atomic mass is 16.2. The monoisotopic (exact) mass is 338 g/mol. The van der Waals surface area contributed by atoms with Gasteiger partial charge in [0.15, 0.2) is 0 Å². The van der Waals surface area contributed by atoms with Crippen LogP contribution in [0, 0.1) is 5.92 Å². The number of carbonyl (C=O) groups excluding carboxylic acids is 2. The molecule has 0 spiro atoms. The zero-order valence-corrected chi connectivity index (χ0v) is 16.5. The minimum absolute atomic E-state index is 0.00989. The van der Waals surface area contributed by atoms with Crippen molar-refractivity contribution in [1.82, 2.24) is 9.80 Å². The molecule has 0 heterocycles. The molecule has 4 heteroatoms. The molecule has 0 aromatic carbocycles. The fraction of sp³-hybridized carbons (Fsp3) is 0.800. The standard InChI is InChI=1S/C20H38N2O2/c1-6-7-8-9-10-11-12-13-14-15-16-18(20(24)22(4)5)17-19(23)21(2)3/h14-15,18H,6-13,16-17H2,1-5H3/b15-14+. The van der Waals surface area contributed by atoms with Gasteiger partial charge in [0.25, 0.3) is 0 Å². The van der Waals surface area contributed by atoms with Gasteiger partial charge in [0.1, 0.15) is 0 Å². The van der Waals surface area contributed by atoms with Crippen molar-refractivity contribution in [3.8, 4) is 0 Å². The summed E-state index contributed by atoms with van der Waals surface area (Å²) in [6, 6.07) is 0. The average Bonchev–Trinajstić information content (AvgIpc) is 2.54. The summed E-state index contributed by atoms with van der Waals surface area (Å²) in [5.41, 5.74) is 0. The van der Waals surface area contributed by atoms with E-state index in [1.54, 1.807) is 38.0 Å². The zero-order chi connectivity index (χ0) is 18.4. The van der Waals surface area contributed by atoms with Gasteiger partial charge < -0.3 is 9.80 Å². The van der Waals surface area contributed by atoms with Gasteiger partial charge in [0, 0.05) is 34.6 Å². The molecule has 0 aliphatic rings. The van der Waals surface area contributed by atoms with Gasteiger partial charge >= 0.3 is 0 Å². The molecule has 0 rings (SSSR count). The Hall–Kier alpha value is -1.32. The van der Waals surface area contributed by atoms with E-state index in [-0.39, 0.29) is 24.2 Å². The van der Waals surface area contributed by atoms with Crippen molar-refractivity contribution in [2.45, 2.75) is 71.1 Å². The Morgan fingerprint density at radius 3 is 1.96 bits per heavy atom. The van der Waals surface area contributed by atoms with Crippen molar-refractivity contribution in [3.05, 3.63) is 12.2 Å². The second-order valence-corrected chi connectivity index (χ2v) is 7.04. The second-order valence-electron chi connectivity index (χ2n) is 7.04. The lowest BCUT2D eigenvalue weighted by molar-refractivity contribution is -0.138. The smallest absolute Gasteiger partial charge is 0.225 e.